The average Bonchev–Trinajstić information content (AvgIpc) is 3.44. The van der Waals surface area contributed by atoms with Crippen LogP contribution in [-0.4, -0.2) is 0 Å². The summed E-state index contributed by atoms with van der Waals surface area (Å²) in [5, 5.41) is 4.85. The van der Waals surface area contributed by atoms with Gasteiger partial charge in [-0.1, -0.05) is 153 Å². The monoisotopic (exact) mass is 912 g/mol. The average molecular weight is 913 g/mol. The number of fused-ring (bicyclic) bond motifs is 3. The van der Waals surface area contributed by atoms with Crippen molar-refractivity contribution in [1.82, 2.24) is 0 Å². The van der Waals surface area contributed by atoms with Crippen LogP contribution in [0, 0.1) is 11.8 Å². The molecule has 4 nitrogen and oxygen atoms in total. The molecule has 340 valence electrons. The molecule has 0 heterocycles. The van der Waals surface area contributed by atoms with E-state index in [1.807, 2.05) is 0 Å². The Morgan fingerprint density at radius 2 is 0.606 bits per heavy atom. The van der Waals surface area contributed by atoms with Crippen molar-refractivity contribution in [3.8, 4) is 0 Å². The van der Waals surface area contributed by atoms with E-state index in [9.17, 15) is 0 Å². The van der Waals surface area contributed by atoms with Crippen LogP contribution in [0.15, 0.2) is 296 Å². The van der Waals surface area contributed by atoms with Gasteiger partial charge in [-0.25, -0.2) is 0 Å². The standard InChI is InChI=1S/C67H52N4/c1-49-66-28-16-15-19-52(66)31-46-67(49)71(57-26-9-4-10-27-57)63-44-42-60(43-45-63)68(58-34-38-61(39-35-58)69(55-22-5-2-6-23-55)64-32-29-50-17-11-13-20-53(50)47-64)59-36-40-62(41-37-59)70(56-24-7-3-8-25-56)65-33-30-51-18-12-14-21-54(51)48-65/h2-49,66H,1H3. The first-order valence-electron chi connectivity index (χ1n) is 24.5. The third-order valence-corrected chi connectivity index (χ3v) is 13.9. The third-order valence-electron chi connectivity index (χ3n) is 13.9. The zero-order valence-electron chi connectivity index (χ0n) is 39.6. The molecular formula is C67H52N4. The zero-order valence-corrected chi connectivity index (χ0v) is 39.6. The maximum Gasteiger partial charge on any atom is 0.0468 e. The highest BCUT2D eigenvalue weighted by Gasteiger charge is 2.30. The maximum absolute atomic E-state index is 2.43. The Kier molecular flexibility index (Phi) is 11.6. The molecular weight excluding hydrogens is 861 g/mol. The van der Waals surface area contributed by atoms with Crippen LogP contribution < -0.4 is 19.6 Å². The number of nitrogens with zero attached hydrogens (tertiary/aromatic N) is 4. The molecule has 2 atom stereocenters. The molecule has 2 aliphatic rings. The van der Waals surface area contributed by atoms with Crippen molar-refractivity contribution >= 4 is 84.1 Å². The van der Waals surface area contributed by atoms with E-state index in [1.54, 1.807) is 0 Å². The van der Waals surface area contributed by atoms with Gasteiger partial charge in [0.2, 0.25) is 0 Å². The predicted molar refractivity (Wildman–Crippen MR) is 301 cm³/mol. The van der Waals surface area contributed by atoms with Crippen LogP contribution in [0.3, 0.4) is 0 Å². The molecule has 0 bridgehead atoms. The fourth-order valence-electron chi connectivity index (χ4n) is 10.4. The van der Waals surface area contributed by atoms with Crippen molar-refractivity contribution in [2.75, 3.05) is 19.6 Å². The summed E-state index contributed by atoms with van der Waals surface area (Å²) in [5.74, 6) is 0.602. The van der Waals surface area contributed by atoms with E-state index in [1.165, 1.54) is 32.8 Å². The van der Waals surface area contributed by atoms with Gasteiger partial charge in [0.05, 0.1) is 0 Å². The molecule has 71 heavy (non-hydrogen) atoms. The van der Waals surface area contributed by atoms with Gasteiger partial charge in [-0.3, -0.25) is 0 Å². The molecule has 2 unspecified atom stereocenters. The Hall–Kier alpha value is -9.12. The normalized spacial score (nSPS) is 14.9. The second kappa shape index (κ2) is 19.1. The highest BCUT2D eigenvalue weighted by atomic mass is 15.2. The number of rotatable bonds is 12. The highest BCUT2D eigenvalue weighted by molar-refractivity contribution is 5.91. The lowest BCUT2D eigenvalue weighted by Gasteiger charge is -2.37. The lowest BCUT2D eigenvalue weighted by molar-refractivity contribution is 0.542. The summed E-state index contributed by atoms with van der Waals surface area (Å²) in [6.07, 6.45) is 13.5. The van der Waals surface area contributed by atoms with Crippen LogP contribution in [0.4, 0.5) is 62.6 Å². The van der Waals surface area contributed by atoms with Gasteiger partial charge >= 0.3 is 0 Å². The summed E-state index contributed by atoms with van der Waals surface area (Å²) in [6, 6.07) is 89.6. The molecule has 0 fully saturated rings. The van der Waals surface area contributed by atoms with Gasteiger partial charge in [0, 0.05) is 80.1 Å². The number of hydrogen-bond donors (Lipinski definition) is 0. The third kappa shape index (κ3) is 8.58. The molecule has 0 radical (unpaired) electrons. The molecule has 12 rings (SSSR count). The first-order valence-corrected chi connectivity index (χ1v) is 24.5. The van der Waals surface area contributed by atoms with Crippen LogP contribution in [0.5, 0.6) is 0 Å². The van der Waals surface area contributed by atoms with Crippen molar-refractivity contribution in [1.29, 1.82) is 0 Å². The Morgan fingerprint density at radius 3 is 1.03 bits per heavy atom. The van der Waals surface area contributed by atoms with Crippen LogP contribution >= 0.6 is 0 Å². The molecule has 0 amide bonds. The van der Waals surface area contributed by atoms with Crippen LogP contribution in [0.1, 0.15) is 6.92 Å². The number of para-hydroxylation sites is 3. The van der Waals surface area contributed by atoms with Crippen LogP contribution in [-0.2, 0) is 0 Å². The summed E-state index contributed by atoms with van der Waals surface area (Å²) in [7, 11) is 0. The smallest absolute Gasteiger partial charge is 0.0468 e. The Labute approximate surface area is 416 Å². The Bertz CT molecular complexity index is 3430. The van der Waals surface area contributed by atoms with E-state index in [0.29, 0.717) is 5.92 Å². The summed E-state index contributed by atoms with van der Waals surface area (Å²) >= 11 is 0. The first-order chi connectivity index (χ1) is 35.1. The van der Waals surface area contributed by atoms with E-state index >= 15 is 0 Å². The first kappa shape index (κ1) is 43.2. The van der Waals surface area contributed by atoms with E-state index in [4.69, 9.17) is 0 Å². The van der Waals surface area contributed by atoms with Gasteiger partial charge < -0.3 is 19.6 Å². The Morgan fingerprint density at radius 1 is 0.282 bits per heavy atom. The van der Waals surface area contributed by atoms with E-state index < -0.39 is 0 Å². The number of benzene rings is 10. The second-order valence-electron chi connectivity index (χ2n) is 18.3. The minimum absolute atomic E-state index is 0.278. The second-order valence-corrected chi connectivity index (χ2v) is 18.3. The quantitative estimate of drug-likeness (QED) is 0.121. The number of allylic oxidation sites excluding steroid dienone is 8. The van der Waals surface area contributed by atoms with E-state index in [-0.39, 0.29) is 5.92 Å². The highest BCUT2D eigenvalue weighted by Crippen LogP contribution is 2.45. The van der Waals surface area contributed by atoms with Crippen molar-refractivity contribution < 1.29 is 0 Å². The lowest BCUT2D eigenvalue weighted by Crippen LogP contribution is -2.28. The fraction of sp³-hybridized carbons (Fsp3) is 0.0448. The molecule has 0 N–H and O–H groups in total. The molecule has 0 saturated carbocycles. The topological polar surface area (TPSA) is 13.0 Å². The predicted octanol–water partition coefficient (Wildman–Crippen LogP) is 18.7. The molecule has 0 spiro atoms. The summed E-state index contributed by atoms with van der Waals surface area (Å²) < 4.78 is 0. The minimum atomic E-state index is 0.278. The fourth-order valence-corrected chi connectivity index (χ4v) is 10.4. The molecule has 2 aliphatic carbocycles. The molecule has 10 aromatic rings. The largest absolute Gasteiger partial charge is 0.314 e. The van der Waals surface area contributed by atoms with Gasteiger partial charge in [-0.05, 0) is 167 Å². The van der Waals surface area contributed by atoms with Crippen molar-refractivity contribution in [3.05, 3.63) is 296 Å². The van der Waals surface area contributed by atoms with Crippen molar-refractivity contribution in [2.24, 2.45) is 11.8 Å². The van der Waals surface area contributed by atoms with Gasteiger partial charge in [-0.15, -0.1) is 0 Å². The van der Waals surface area contributed by atoms with E-state index in [2.05, 4.69) is 312 Å². The maximum atomic E-state index is 2.43. The Balaban J connectivity index is 0.957. The van der Waals surface area contributed by atoms with Crippen LogP contribution in [0.2, 0.25) is 0 Å². The van der Waals surface area contributed by atoms with Crippen molar-refractivity contribution in [3.63, 3.8) is 0 Å². The van der Waals surface area contributed by atoms with Gasteiger partial charge in [-0.2, -0.15) is 0 Å². The molecule has 0 aromatic heterocycles. The zero-order chi connectivity index (χ0) is 47.5. The summed E-state index contributed by atoms with van der Waals surface area (Å²) in [4.78, 5) is 9.47. The van der Waals surface area contributed by atoms with Gasteiger partial charge in [0.15, 0.2) is 0 Å². The summed E-state index contributed by atoms with van der Waals surface area (Å²) in [5.41, 5.74) is 14.6. The number of anilines is 11. The molecule has 0 aliphatic heterocycles. The van der Waals surface area contributed by atoms with Gasteiger partial charge in [0.1, 0.15) is 0 Å². The lowest BCUT2D eigenvalue weighted by atomic mass is 9.78. The minimum Gasteiger partial charge on any atom is -0.314 e. The van der Waals surface area contributed by atoms with Gasteiger partial charge in [0.25, 0.3) is 0 Å². The summed E-state index contributed by atoms with van der Waals surface area (Å²) in [6.45, 7) is 2.35. The van der Waals surface area contributed by atoms with E-state index in [0.717, 1.165) is 62.6 Å². The SMILES string of the molecule is CC1C(N(c2ccccc2)c2ccc(N(c3ccc(N(c4ccccc4)c4ccc5ccccc5c4)cc3)c3ccc(N(c4ccccc4)c4ccc5ccccc5c4)cc3)cc2)=CC=C2C=CC=CC21. The number of hydrogen-bond acceptors (Lipinski definition) is 4. The molecule has 0 saturated heterocycles. The molecule has 10 aromatic carbocycles. The van der Waals surface area contributed by atoms with Crippen molar-refractivity contribution in [2.45, 2.75) is 6.92 Å². The molecule has 4 heteroatoms. The van der Waals surface area contributed by atoms with Crippen LogP contribution in [0.25, 0.3) is 21.5 Å².